The summed E-state index contributed by atoms with van der Waals surface area (Å²) in [5.41, 5.74) is 0.452. The molecule has 0 aliphatic heterocycles. The molecular formula is C10H12N4O3. The number of hydrogen-bond acceptors (Lipinski definition) is 4. The third-order valence-corrected chi connectivity index (χ3v) is 2.37. The number of aromatic nitrogens is 2. The quantitative estimate of drug-likeness (QED) is 0.796. The van der Waals surface area contributed by atoms with Gasteiger partial charge < -0.3 is 15.3 Å². The smallest absolute Gasteiger partial charge is 0.323 e. The van der Waals surface area contributed by atoms with E-state index in [2.05, 4.69) is 15.3 Å². The Morgan fingerprint density at radius 2 is 2.06 bits per heavy atom. The number of amides is 2. The number of carboxylic acids is 1. The zero-order valence-corrected chi connectivity index (χ0v) is 9.04. The highest BCUT2D eigenvalue weighted by molar-refractivity contribution is 5.91. The van der Waals surface area contributed by atoms with Gasteiger partial charge in [-0.1, -0.05) is 0 Å². The SMILES string of the molecule is O=C(O)CN(C(=O)Nc1cncnc1)C1CC1. The number of urea groups is 1. The van der Waals surface area contributed by atoms with E-state index < -0.39 is 12.0 Å². The second-order valence-electron chi connectivity index (χ2n) is 3.81. The molecule has 90 valence electrons. The van der Waals surface area contributed by atoms with Crippen LogP contribution in [0.25, 0.3) is 0 Å². The zero-order valence-electron chi connectivity index (χ0n) is 9.04. The van der Waals surface area contributed by atoms with Gasteiger partial charge in [0.15, 0.2) is 0 Å². The number of nitrogens with one attached hydrogen (secondary N) is 1. The van der Waals surface area contributed by atoms with Crippen molar-refractivity contribution in [3.05, 3.63) is 18.7 Å². The van der Waals surface area contributed by atoms with Crippen molar-refractivity contribution in [2.45, 2.75) is 18.9 Å². The molecule has 1 aliphatic rings. The van der Waals surface area contributed by atoms with Crippen molar-refractivity contribution in [3.63, 3.8) is 0 Å². The molecule has 1 aromatic heterocycles. The van der Waals surface area contributed by atoms with Crippen LogP contribution in [0, 0.1) is 0 Å². The molecule has 0 saturated heterocycles. The van der Waals surface area contributed by atoms with Crippen LogP contribution in [0.4, 0.5) is 10.5 Å². The molecule has 0 atom stereocenters. The fourth-order valence-electron chi connectivity index (χ4n) is 1.46. The van der Waals surface area contributed by atoms with Gasteiger partial charge in [-0.05, 0) is 12.8 Å². The van der Waals surface area contributed by atoms with E-state index in [1.54, 1.807) is 0 Å². The molecule has 1 heterocycles. The van der Waals surface area contributed by atoms with Crippen molar-refractivity contribution in [1.82, 2.24) is 14.9 Å². The average molecular weight is 236 g/mol. The Morgan fingerprint density at radius 1 is 1.41 bits per heavy atom. The number of rotatable bonds is 4. The lowest BCUT2D eigenvalue weighted by Gasteiger charge is -2.20. The summed E-state index contributed by atoms with van der Waals surface area (Å²) in [6, 6.07) is -0.388. The highest BCUT2D eigenvalue weighted by Gasteiger charge is 2.33. The zero-order chi connectivity index (χ0) is 12.3. The minimum atomic E-state index is -1.02. The maximum absolute atomic E-state index is 11.8. The van der Waals surface area contributed by atoms with E-state index in [0.29, 0.717) is 5.69 Å². The largest absolute Gasteiger partial charge is 0.480 e. The second-order valence-corrected chi connectivity index (χ2v) is 3.81. The van der Waals surface area contributed by atoms with Gasteiger partial charge >= 0.3 is 12.0 Å². The molecule has 2 rings (SSSR count). The Balaban J connectivity index is 1.99. The normalized spacial score (nSPS) is 14.1. The number of hydrogen-bond donors (Lipinski definition) is 2. The van der Waals surface area contributed by atoms with Gasteiger partial charge in [-0.2, -0.15) is 0 Å². The second kappa shape index (κ2) is 4.77. The molecule has 0 spiro atoms. The predicted octanol–water partition coefficient (Wildman–Crippen LogP) is 0.557. The molecule has 1 aliphatic carbocycles. The molecule has 1 saturated carbocycles. The summed E-state index contributed by atoms with van der Waals surface area (Å²) in [6.07, 6.45) is 5.97. The van der Waals surface area contributed by atoms with Crippen LogP contribution in [0.15, 0.2) is 18.7 Å². The fraction of sp³-hybridized carbons (Fsp3) is 0.400. The minimum absolute atomic E-state index is 0.0377. The highest BCUT2D eigenvalue weighted by Crippen LogP contribution is 2.27. The van der Waals surface area contributed by atoms with E-state index in [4.69, 9.17) is 5.11 Å². The number of anilines is 1. The molecule has 1 aromatic rings. The summed E-state index contributed by atoms with van der Waals surface area (Å²) in [7, 11) is 0. The Kier molecular flexibility index (Phi) is 3.17. The summed E-state index contributed by atoms with van der Waals surface area (Å²) < 4.78 is 0. The molecular weight excluding hydrogens is 224 g/mol. The first-order chi connectivity index (χ1) is 8.16. The topological polar surface area (TPSA) is 95.4 Å². The van der Waals surface area contributed by atoms with Gasteiger partial charge in [-0.25, -0.2) is 14.8 Å². The van der Waals surface area contributed by atoms with E-state index in [-0.39, 0.29) is 12.6 Å². The Morgan fingerprint density at radius 3 is 2.59 bits per heavy atom. The van der Waals surface area contributed by atoms with Crippen LogP contribution in [0.5, 0.6) is 0 Å². The highest BCUT2D eigenvalue weighted by atomic mass is 16.4. The molecule has 0 bridgehead atoms. The van der Waals surface area contributed by atoms with Crippen molar-refractivity contribution in [2.24, 2.45) is 0 Å². The van der Waals surface area contributed by atoms with Crippen LogP contribution in [-0.2, 0) is 4.79 Å². The predicted molar refractivity (Wildman–Crippen MR) is 58.4 cm³/mol. The van der Waals surface area contributed by atoms with Crippen LogP contribution in [0.2, 0.25) is 0 Å². The number of carbonyl (C=O) groups excluding carboxylic acids is 1. The van der Waals surface area contributed by atoms with E-state index in [0.717, 1.165) is 12.8 Å². The summed E-state index contributed by atoms with van der Waals surface area (Å²) in [5.74, 6) is -1.02. The Hall–Kier alpha value is -2.18. The van der Waals surface area contributed by atoms with Gasteiger partial charge in [-0.3, -0.25) is 4.79 Å². The summed E-state index contributed by atoms with van der Waals surface area (Å²) >= 11 is 0. The van der Waals surface area contributed by atoms with Gasteiger partial charge in [0.1, 0.15) is 12.9 Å². The summed E-state index contributed by atoms with van der Waals surface area (Å²) in [6.45, 7) is -0.288. The first-order valence-electron chi connectivity index (χ1n) is 5.21. The monoisotopic (exact) mass is 236 g/mol. The molecule has 7 nitrogen and oxygen atoms in total. The van der Waals surface area contributed by atoms with E-state index >= 15 is 0 Å². The molecule has 2 N–H and O–H groups in total. The summed E-state index contributed by atoms with van der Waals surface area (Å²) in [5, 5.41) is 11.3. The molecule has 17 heavy (non-hydrogen) atoms. The van der Waals surface area contributed by atoms with E-state index in [1.165, 1.54) is 23.6 Å². The third kappa shape index (κ3) is 3.13. The Bertz CT molecular complexity index is 419. The van der Waals surface area contributed by atoms with Gasteiger partial charge in [0.2, 0.25) is 0 Å². The third-order valence-electron chi connectivity index (χ3n) is 2.37. The minimum Gasteiger partial charge on any atom is -0.480 e. The number of aliphatic carboxylic acids is 1. The lowest BCUT2D eigenvalue weighted by atomic mass is 10.4. The van der Waals surface area contributed by atoms with Crippen LogP contribution in [0.1, 0.15) is 12.8 Å². The van der Waals surface area contributed by atoms with E-state index in [1.807, 2.05) is 0 Å². The van der Waals surface area contributed by atoms with Crippen molar-refractivity contribution < 1.29 is 14.7 Å². The standard InChI is InChI=1S/C10H12N4O3/c15-9(16)5-14(8-1-2-8)10(17)13-7-3-11-6-12-4-7/h3-4,6,8H,1-2,5H2,(H,13,17)(H,15,16). The Labute approximate surface area is 97.5 Å². The van der Waals surface area contributed by atoms with Crippen molar-refractivity contribution in [3.8, 4) is 0 Å². The first-order valence-corrected chi connectivity index (χ1v) is 5.21. The maximum Gasteiger partial charge on any atom is 0.323 e. The van der Waals surface area contributed by atoms with Crippen LogP contribution in [0.3, 0.4) is 0 Å². The van der Waals surface area contributed by atoms with Crippen molar-refractivity contribution in [2.75, 3.05) is 11.9 Å². The van der Waals surface area contributed by atoms with E-state index in [9.17, 15) is 9.59 Å². The average Bonchev–Trinajstić information content (AvgIpc) is 3.10. The molecule has 0 radical (unpaired) electrons. The van der Waals surface area contributed by atoms with Crippen LogP contribution < -0.4 is 5.32 Å². The van der Waals surface area contributed by atoms with Gasteiger partial charge in [-0.15, -0.1) is 0 Å². The van der Waals surface area contributed by atoms with Crippen LogP contribution in [-0.4, -0.2) is 44.6 Å². The molecule has 2 amide bonds. The van der Waals surface area contributed by atoms with Crippen LogP contribution >= 0.6 is 0 Å². The maximum atomic E-state index is 11.8. The molecule has 7 heteroatoms. The van der Waals surface area contributed by atoms with Gasteiger partial charge in [0.05, 0.1) is 18.1 Å². The number of carbonyl (C=O) groups is 2. The van der Waals surface area contributed by atoms with Crippen molar-refractivity contribution >= 4 is 17.7 Å². The van der Waals surface area contributed by atoms with Crippen molar-refractivity contribution in [1.29, 1.82) is 0 Å². The molecule has 1 fully saturated rings. The molecule has 0 aromatic carbocycles. The summed E-state index contributed by atoms with van der Waals surface area (Å²) in [4.78, 5) is 31.3. The first kappa shape index (κ1) is 11.3. The fourth-order valence-corrected chi connectivity index (χ4v) is 1.46. The van der Waals surface area contributed by atoms with Gasteiger partial charge in [0, 0.05) is 6.04 Å². The lowest BCUT2D eigenvalue weighted by molar-refractivity contribution is -0.137. The number of nitrogens with zero attached hydrogens (tertiary/aromatic N) is 3. The lowest BCUT2D eigenvalue weighted by Crippen LogP contribution is -2.40. The number of carboxylic acid groups (broad SMARTS) is 1. The molecule has 0 unspecified atom stereocenters. The van der Waals surface area contributed by atoms with Gasteiger partial charge in [0.25, 0.3) is 0 Å².